The highest BCUT2D eigenvalue weighted by molar-refractivity contribution is 5.66. The van der Waals surface area contributed by atoms with E-state index in [0.29, 0.717) is 6.42 Å². The van der Waals surface area contributed by atoms with Gasteiger partial charge in [-0.1, -0.05) is 0 Å². The van der Waals surface area contributed by atoms with Crippen molar-refractivity contribution in [2.75, 3.05) is 19.6 Å². The first-order valence-corrected chi connectivity index (χ1v) is 3.23. The Kier molecular flexibility index (Phi) is 2.05. The molecule has 3 nitrogen and oxygen atoms in total. The summed E-state index contributed by atoms with van der Waals surface area (Å²) in [5.41, 5.74) is 0. The van der Waals surface area contributed by atoms with Gasteiger partial charge in [-0.25, -0.2) is 0 Å². The fourth-order valence-corrected chi connectivity index (χ4v) is 0.748. The Hall–Kier alpha value is -0.570. The third-order valence-electron chi connectivity index (χ3n) is 1.40. The van der Waals surface area contributed by atoms with Crippen LogP contribution in [0.3, 0.4) is 0 Å². The molecular formula is C6H11NO2. The Bertz CT molecular complexity index is 110. The van der Waals surface area contributed by atoms with Gasteiger partial charge in [0.05, 0.1) is 0 Å². The van der Waals surface area contributed by atoms with Crippen LogP contribution in [-0.2, 0) is 4.79 Å². The van der Waals surface area contributed by atoms with Crippen molar-refractivity contribution in [3.05, 3.63) is 0 Å². The molecule has 1 fully saturated rings. The van der Waals surface area contributed by atoms with Crippen molar-refractivity contribution >= 4 is 5.97 Å². The average Bonchev–Trinajstić information content (AvgIpc) is 2.48. The van der Waals surface area contributed by atoms with Gasteiger partial charge in [0.1, 0.15) is 0 Å². The van der Waals surface area contributed by atoms with Crippen LogP contribution >= 0.6 is 0 Å². The molecule has 52 valence electrons. The first-order valence-electron chi connectivity index (χ1n) is 3.23. The summed E-state index contributed by atoms with van der Waals surface area (Å²) in [6.45, 7) is 3.30. The van der Waals surface area contributed by atoms with Gasteiger partial charge in [0.2, 0.25) is 0 Å². The van der Waals surface area contributed by atoms with E-state index in [9.17, 15) is 4.79 Å². The molecule has 0 amide bonds. The van der Waals surface area contributed by atoms with E-state index < -0.39 is 5.97 Å². The number of hydrogen-bond acceptors (Lipinski definition) is 2. The molecular weight excluding hydrogens is 118 g/mol. The van der Waals surface area contributed by atoms with Crippen LogP contribution in [0.25, 0.3) is 0 Å². The summed E-state index contributed by atoms with van der Waals surface area (Å²) in [4.78, 5) is 12.2. The summed E-state index contributed by atoms with van der Waals surface area (Å²) < 4.78 is 0. The summed E-state index contributed by atoms with van der Waals surface area (Å²) >= 11 is 0. The molecule has 1 aliphatic rings. The number of rotatable bonds is 4. The van der Waals surface area contributed by atoms with Gasteiger partial charge in [-0.15, -0.1) is 0 Å². The third-order valence-corrected chi connectivity index (χ3v) is 1.40. The van der Waals surface area contributed by atoms with Crippen LogP contribution in [0.1, 0.15) is 12.8 Å². The smallest absolute Gasteiger partial charge is 0.303 e. The van der Waals surface area contributed by atoms with Crippen molar-refractivity contribution in [2.45, 2.75) is 12.8 Å². The zero-order valence-electron chi connectivity index (χ0n) is 5.34. The minimum atomic E-state index is -0.683. The Morgan fingerprint density at radius 1 is 1.56 bits per heavy atom. The van der Waals surface area contributed by atoms with E-state index in [1.807, 2.05) is 0 Å². The quantitative estimate of drug-likeness (QED) is 0.550. The maximum Gasteiger partial charge on any atom is 0.303 e. The second-order valence-electron chi connectivity index (χ2n) is 2.34. The molecule has 0 aromatic heterocycles. The molecule has 0 radical (unpaired) electrons. The van der Waals surface area contributed by atoms with Crippen molar-refractivity contribution in [3.63, 3.8) is 0 Å². The van der Waals surface area contributed by atoms with E-state index in [1.54, 1.807) is 0 Å². The SMILES string of the molecule is O=C(O)CCCN1CC1. The monoisotopic (exact) mass is 129 g/mol. The van der Waals surface area contributed by atoms with Crippen LogP contribution in [0.2, 0.25) is 0 Å². The Labute approximate surface area is 54.3 Å². The standard InChI is InChI=1S/C6H11NO2/c8-6(9)2-1-3-7-4-5-7/h1-5H2,(H,8,9). The zero-order chi connectivity index (χ0) is 6.69. The summed E-state index contributed by atoms with van der Waals surface area (Å²) in [6.07, 6.45) is 1.12. The van der Waals surface area contributed by atoms with E-state index in [2.05, 4.69) is 4.90 Å². The molecule has 9 heavy (non-hydrogen) atoms. The number of nitrogens with zero attached hydrogens (tertiary/aromatic N) is 1. The third kappa shape index (κ3) is 3.08. The molecule has 1 saturated heterocycles. The normalized spacial score (nSPS) is 17.8. The van der Waals surface area contributed by atoms with E-state index in [4.69, 9.17) is 5.11 Å². The van der Waals surface area contributed by atoms with Gasteiger partial charge in [0, 0.05) is 19.5 Å². The second-order valence-corrected chi connectivity index (χ2v) is 2.34. The van der Waals surface area contributed by atoms with Crippen LogP contribution in [0.4, 0.5) is 0 Å². The van der Waals surface area contributed by atoms with Crippen molar-refractivity contribution in [1.29, 1.82) is 0 Å². The number of aliphatic carboxylic acids is 1. The second kappa shape index (κ2) is 2.82. The topological polar surface area (TPSA) is 40.3 Å². The minimum Gasteiger partial charge on any atom is -0.481 e. The van der Waals surface area contributed by atoms with Gasteiger partial charge in [-0.3, -0.25) is 4.79 Å². The molecule has 0 aromatic rings. The number of hydrogen-bond donors (Lipinski definition) is 1. The van der Waals surface area contributed by atoms with Gasteiger partial charge in [-0.2, -0.15) is 0 Å². The van der Waals surface area contributed by atoms with Crippen LogP contribution in [0, 0.1) is 0 Å². The molecule has 0 saturated carbocycles. The molecule has 0 atom stereocenters. The molecule has 3 heteroatoms. The molecule has 1 rings (SSSR count). The summed E-state index contributed by atoms with van der Waals surface area (Å²) in [7, 11) is 0. The average molecular weight is 129 g/mol. The molecule has 1 N–H and O–H groups in total. The number of carbonyl (C=O) groups is 1. The molecule has 1 aliphatic heterocycles. The lowest BCUT2D eigenvalue weighted by atomic mass is 10.3. The fourth-order valence-electron chi connectivity index (χ4n) is 0.748. The first-order chi connectivity index (χ1) is 4.29. The molecule has 0 unspecified atom stereocenters. The molecule has 0 aromatic carbocycles. The highest BCUT2D eigenvalue weighted by Crippen LogP contribution is 2.04. The fraction of sp³-hybridized carbons (Fsp3) is 0.833. The van der Waals surface area contributed by atoms with E-state index in [0.717, 1.165) is 13.0 Å². The Balaban J connectivity index is 1.86. The summed E-state index contributed by atoms with van der Waals surface area (Å²) in [5.74, 6) is -0.683. The molecule has 1 heterocycles. The summed E-state index contributed by atoms with van der Waals surface area (Å²) in [6, 6.07) is 0. The summed E-state index contributed by atoms with van der Waals surface area (Å²) in [5, 5.41) is 8.23. The van der Waals surface area contributed by atoms with Crippen molar-refractivity contribution in [1.82, 2.24) is 4.90 Å². The number of carboxylic acids is 1. The predicted octanol–water partition coefficient (Wildman–Crippen LogP) is 0.167. The van der Waals surface area contributed by atoms with Gasteiger partial charge in [0.25, 0.3) is 0 Å². The van der Waals surface area contributed by atoms with E-state index >= 15 is 0 Å². The number of carboxylic acid groups (broad SMARTS) is 1. The maximum absolute atomic E-state index is 9.98. The highest BCUT2D eigenvalue weighted by atomic mass is 16.4. The van der Waals surface area contributed by atoms with Crippen LogP contribution in [0.15, 0.2) is 0 Å². The Morgan fingerprint density at radius 2 is 2.22 bits per heavy atom. The van der Waals surface area contributed by atoms with Gasteiger partial charge in [-0.05, 0) is 13.0 Å². The van der Waals surface area contributed by atoms with E-state index in [-0.39, 0.29) is 0 Å². The minimum absolute atomic E-state index is 0.316. The van der Waals surface area contributed by atoms with Crippen molar-refractivity contribution in [2.24, 2.45) is 0 Å². The van der Waals surface area contributed by atoms with Crippen molar-refractivity contribution in [3.8, 4) is 0 Å². The maximum atomic E-state index is 9.98. The van der Waals surface area contributed by atoms with Gasteiger partial charge >= 0.3 is 5.97 Å². The molecule has 0 bridgehead atoms. The highest BCUT2D eigenvalue weighted by Gasteiger charge is 2.15. The van der Waals surface area contributed by atoms with Gasteiger partial charge < -0.3 is 10.0 Å². The van der Waals surface area contributed by atoms with Gasteiger partial charge in [0.15, 0.2) is 0 Å². The van der Waals surface area contributed by atoms with Crippen LogP contribution in [0.5, 0.6) is 0 Å². The predicted molar refractivity (Wildman–Crippen MR) is 33.3 cm³/mol. The van der Waals surface area contributed by atoms with Crippen LogP contribution < -0.4 is 0 Å². The lowest BCUT2D eigenvalue weighted by Crippen LogP contribution is -2.02. The van der Waals surface area contributed by atoms with E-state index in [1.165, 1.54) is 13.1 Å². The largest absolute Gasteiger partial charge is 0.481 e. The zero-order valence-corrected chi connectivity index (χ0v) is 5.34. The molecule has 0 spiro atoms. The van der Waals surface area contributed by atoms with Crippen molar-refractivity contribution < 1.29 is 9.90 Å². The lowest BCUT2D eigenvalue weighted by Gasteiger charge is -1.95. The lowest BCUT2D eigenvalue weighted by molar-refractivity contribution is -0.137. The first kappa shape index (κ1) is 6.55. The molecule has 0 aliphatic carbocycles. The van der Waals surface area contributed by atoms with Crippen LogP contribution in [-0.4, -0.2) is 35.6 Å². The Morgan fingerprint density at radius 3 is 2.67 bits per heavy atom.